The zero-order valence-electron chi connectivity index (χ0n) is 9.91. The highest BCUT2D eigenvalue weighted by molar-refractivity contribution is 5.76. The third-order valence-corrected chi connectivity index (χ3v) is 3.21. The first-order chi connectivity index (χ1) is 7.13. The second-order valence-electron chi connectivity index (χ2n) is 4.62. The van der Waals surface area contributed by atoms with Gasteiger partial charge in [-0.2, -0.15) is 0 Å². The van der Waals surface area contributed by atoms with Crippen molar-refractivity contribution in [2.24, 2.45) is 5.92 Å². The van der Waals surface area contributed by atoms with Crippen LogP contribution in [-0.4, -0.2) is 35.1 Å². The molecule has 0 bridgehead atoms. The van der Waals surface area contributed by atoms with Crippen molar-refractivity contribution in [2.45, 2.75) is 52.1 Å². The van der Waals surface area contributed by atoms with Gasteiger partial charge in [0.15, 0.2) is 0 Å². The summed E-state index contributed by atoms with van der Waals surface area (Å²) in [5.74, 6) is 0.936. The van der Waals surface area contributed by atoms with Crippen LogP contribution in [0.25, 0.3) is 0 Å². The number of amides is 1. The fourth-order valence-electron chi connectivity index (χ4n) is 1.88. The summed E-state index contributed by atoms with van der Waals surface area (Å²) in [6, 6.07) is 0. The molecule has 1 rings (SSSR count). The monoisotopic (exact) mass is 213 g/mol. The lowest BCUT2D eigenvalue weighted by atomic mass is 9.85. The minimum absolute atomic E-state index is 0.199. The predicted octanol–water partition coefficient (Wildman–Crippen LogP) is 1.80. The first kappa shape index (κ1) is 12.5. The SMILES string of the molecule is CCN(CC1CCC1)C(=O)CCC(C)O. The summed E-state index contributed by atoms with van der Waals surface area (Å²) in [7, 11) is 0. The van der Waals surface area contributed by atoms with E-state index in [0.717, 1.165) is 19.0 Å². The lowest BCUT2D eigenvalue weighted by Crippen LogP contribution is -2.37. The molecule has 3 nitrogen and oxygen atoms in total. The van der Waals surface area contributed by atoms with Gasteiger partial charge in [-0.25, -0.2) is 0 Å². The zero-order chi connectivity index (χ0) is 11.3. The van der Waals surface area contributed by atoms with E-state index >= 15 is 0 Å². The highest BCUT2D eigenvalue weighted by Crippen LogP contribution is 2.27. The van der Waals surface area contributed by atoms with Gasteiger partial charge in [0.2, 0.25) is 5.91 Å². The van der Waals surface area contributed by atoms with Gasteiger partial charge in [0.1, 0.15) is 0 Å². The molecule has 1 fully saturated rings. The topological polar surface area (TPSA) is 40.5 Å². The Labute approximate surface area is 92.5 Å². The molecule has 0 heterocycles. The average Bonchev–Trinajstić information content (AvgIpc) is 2.13. The van der Waals surface area contributed by atoms with E-state index in [-0.39, 0.29) is 12.0 Å². The quantitative estimate of drug-likeness (QED) is 0.731. The summed E-state index contributed by atoms with van der Waals surface area (Å²) in [5, 5.41) is 9.12. The Morgan fingerprint density at radius 2 is 2.20 bits per heavy atom. The zero-order valence-corrected chi connectivity index (χ0v) is 9.91. The second kappa shape index (κ2) is 6.11. The van der Waals surface area contributed by atoms with Crippen molar-refractivity contribution < 1.29 is 9.90 Å². The number of nitrogens with zero attached hydrogens (tertiary/aromatic N) is 1. The van der Waals surface area contributed by atoms with Crippen molar-refractivity contribution in [1.82, 2.24) is 4.90 Å². The highest BCUT2D eigenvalue weighted by Gasteiger charge is 2.22. The molecular formula is C12H23NO2. The van der Waals surface area contributed by atoms with Crippen LogP contribution in [0, 0.1) is 5.92 Å². The van der Waals surface area contributed by atoms with Gasteiger partial charge in [-0.1, -0.05) is 6.42 Å². The molecule has 88 valence electrons. The lowest BCUT2D eigenvalue weighted by molar-refractivity contribution is -0.132. The molecule has 0 aromatic carbocycles. The van der Waals surface area contributed by atoms with Crippen LogP contribution in [0.3, 0.4) is 0 Å². The minimum atomic E-state index is -0.364. The molecular weight excluding hydrogens is 190 g/mol. The summed E-state index contributed by atoms with van der Waals surface area (Å²) in [5.41, 5.74) is 0. The number of hydrogen-bond acceptors (Lipinski definition) is 2. The van der Waals surface area contributed by atoms with Gasteiger partial charge >= 0.3 is 0 Å². The van der Waals surface area contributed by atoms with Crippen LogP contribution in [0.4, 0.5) is 0 Å². The van der Waals surface area contributed by atoms with E-state index in [1.807, 2.05) is 11.8 Å². The molecule has 1 saturated carbocycles. The smallest absolute Gasteiger partial charge is 0.222 e. The number of carbonyl (C=O) groups is 1. The molecule has 15 heavy (non-hydrogen) atoms. The largest absolute Gasteiger partial charge is 0.393 e. The van der Waals surface area contributed by atoms with Crippen molar-refractivity contribution in [3.63, 3.8) is 0 Å². The molecule has 0 aromatic rings. The molecule has 1 atom stereocenters. The fourth-order valence-corrected chi connectivity index (χ4v) is 1.88. The van der Waals surface area contributed by atoms with Gasteiger partial charge < -0.3 is 10.0 Å². The molecule has 1 aliphatic carbocycles. The Balaban J connectivity index is 2.25. The molecule has 1 amide bonds. The maximum absolute atomic E-state index is 11.8. The van der Waals surface area contributed by atoms with Crippen LogP contribution in [0.1, 0.15) is 46.0 Å². The molecule has 1 aliphatic rings. The maximum Gasteiger partial charge on any atom is 0.222 e. The second-order valence-corrected chi connectivity index (χ2v) is 4.62. The van der Waals surface area contributed by atoms with E-state index in [1.54, 1.807) is 6.92 Å². The fraction of sp³-hybridized carbons (Fsp3) is 0.917. The van der Waals surface area contributed by atoms with Crippen LogP contribution < -0.4 is 0 Å². The predicted molar refractivity (Wildman–Crippen MR) is 60.5 cm³/mol. The van der Waals surface area contributed by atoms with E-state index in [0.29, 0.717) is 12.8 Å². The number of carbonyl (C=O) groups excluding carboxylic acids is 1. The summed E-state index contributed by atoms with van der Waals surface area (Å²) in [6.07, 6.45) is 4.58. The van der Waals surface area contributed by atoms with Crippen LogP contribution in [0.15, 0.2) is 0 Å². The van der Waals surface area contributed by atoms with E-state index in [9.17, 15) is 4.79 Å². The molecule has 0 saturated heterocycles. The molecule has 0 radical (unpaired) electrons. The highest BCUT2D eigenvalue weighted by atomic mass is 16.3. The van der Waals surface area contributed by atoms with E-state index in [1.165, 1.54) is 19.3 Å². The van der Waals surface area contributed by atoms with Crippen molar-refractivity contribution in [3.05, 3.63) is 0 Å². The Morgan fingerprint density at radius 3 is 2.60 bits per heavy atom. The molecule has 1 N–H and O–H groups in total. The number of hydrogen-bond donors (Lipinski definition) is 1. The first-order valence-corrected chi connectivity index (χ1v) is 6.09. The van der Waals surface area contributed by atoms with Crippen LogP contribution in [0.5, 0.6) is 0 Å². The van der Waals surface area contributed by atoms with Crippen molar-refractivity contribution >= 4 is 5.91 Å². The van der Waals surface area contributed by atoms with Gasteiger partial charge in [-0.3, -0.25) is 4.79 Å². The summed E-state index contributed by atoms with van der Waals surface area (Å²) < 4.78 is 0. The maximum atomic E-state index is 11.8. The van der Waals surface area contributed by atoms with E-state index in [4.69, 9.17) is 5.11 Å². The summed E-state index contributed by atoms with van der Waals surface area (Å²) in [4.78, 5) is 13.7. The Morgan fingerprint density at radius 1 is 1.53 bits per heavy atom. The van der Waals surface area contributed by atoms with Gasteiger partial charge in [-0.05, 0) is 39.0 Å². The van der Waals surface area contributed by atoms with E-state index in [2.05, 4.69) is 0 Å². The average molecular weight is 213 g/mol. The van der Waals surface area contributed by atoms with Crippen LogP contribution >= 0.6 is 0 Å². The number of rotatable bonds is 6. The first-order valence-electron chi connectivity index (χ1n) is 6.09. The van der Waals surface area contributed by atoms with Crippen LogP contribution in [-0.2, 0) is 4.79 Å². The molecule has 3 heteroatoms. The van der Waals surface area contributed by atoms with Crippen molar-refractivity contribution in [3.8, 4) is 0 Å². The number of aliphatic hydroxyl groups is 1. The standard InChI is InChI=1S/C12H23NO2/c1-3-13(9-11-5-4-6-11)12(15)8-7-10(2)14/h10-11,14H,3-9H2,1-2H3. The van der Waals surface area contributed by atoms with E-state index < -0.39 is 0 Å². The summed E-state index contributed by atoms with van der Waals surface area (Å²) >= 11 is 0. The molecule has 0 aromatic heterocycles. The minimum Gasteiger partial charge on any atom is -0.393 e. The number of aliphatic hydroxyl groups excluding tert-OH is 1. The van der Waals surface area contributed by atoms with Gasteiger partial charge in [0, 0.05) is 19.5 Å². The third-order valence-electron chi connectivity index (χ3n) is 3.21. The van der Waals surface area contributed by atoms with Crippen molar-refractivity contribution in [2.75, 3.05) is 13.1 Å². The normalized spacial score (nSPS) is 18.3. The third kappa shape index (κ3) is 4.20. The van der Waals surface area contributed by atoms with Gasteiger partial charge in [0.05, 0.1) is 6.10 Å². The van der Waals surface area contributed by atoms with Crippen molar-refractivity contribution in [1.29, 1.82) is 0 Å². The Hall–Kier alpha value is -0.570. The van der Waals surface area contributed by atoms with Gasteiger partial charge in [-0.15, -0.1) is 0 Å². The Bertz CT molecular complexity index is 200. The molecule has 1 unspecified atom stereocenters. The Kier molecular flexibility index (Phi) is 5.09. The molecule has 0 spiro atoms. The summed E-state index contributed by atoms with van der Waals surface area (Å²) in [6.45, 7) is 5.48. The molecule has 0 aliphatic heterocycles. The van der Waals surface area contributed by atoms with Gasteiger partial charge in [0.25, 0.3) is 0 Å². The van der Waals surface area contributed by atoms with Crippen LogP contribution in [0.2, 0.25) is 0 Å². The lowest BCUT2D eigenvalue weighted by Gasteiger charge is -2.32.